The van der Waals surface area contributed by atoms with Crippen molar-refractivity contribution in [2.75, 3.05) is 5.32 Å². The van der Waals surface area contributed by atoms with Gasteiger partial charge < -0.3 is 10.4 Å². The second kappa shape index (κ2) is 3.76. The van der Waals surface area contributed by atoms with Crippen molar-refractivity contribution < 1.29 is 9.90 Å². The third-order valence-electron chi connectivity index (χ3n) is 1.45. The predicted octanol–water partition coefficient (Wildman–Crippen LogP) is 1.74. The Balaban J connectivity index is 2.69. The lowest BCUT2D eigenvalue weighted by Gasteiger charge is -2.02. The van der Waals surface area contributed by atoms with E-state index in [9.17, 15) is 4.79 Å². The van der Waals surface area contributed by atoms with Crippen molar-refractivity contribution in [2.45, 2.75) is 13.3 Å². The van der Waals surface area contributed by atoms with Crippen molar-refractivity contribution >= 4 is 11.6 Å². The maximum atomic E-state index is 10.9. The molecule has 0 unspecified atom stereocenters. The summed E-state index contributed by atoms with van der Waals surface area (Å²) in [5.41, 5.74) is 0.627. The number of phenolic OH excluding ortho intramolecular Hbond substituents is 1. The quantitative estimate of drug-likeness (QED) is 0.701. The molecule has 0 aliphatic carbocycles. The Kier molecular flexibility index (Phi) is 2.69. The van der Waals surface area contributed by atoms with Gasteiger partial charge in [-0.15, -0.1) is 0 Å². The molecule has 1 rings (SSSR count). The lowest BCUT2D eigenvalue weighted by atomic mass is 10.3. The summed E-state index contributed by atoms with van der Waals surface area (Å²) in [5.74, 6) is 0.101. The van der Waals surface area contributed by atoms with Gasteiger partial charge in [0.05, 0.1) is 0 Å². The van der Waals surface area contributed by atoms with Gasteiger partial charge in [0.2, 0.25) is 5.91 Å². The van der Waals surface area contributed by atoms with Crippen molar-refractivity contribution in [3.05, 3.63) is 24.3 Å². The van der Waals surface area contributed by atoms with E-state index in [2.05, 4.69) is 5.32 Å². The van der Waals surface area contributed by atoms with Crippen LogP contribution < -0.4 is 5.32 Å². The van der Waals surface area contributed by atoms with Crippen LogP contribution in [0.15, 0.2) is 24.3 Å². The first kappa shape index (κ1) is 8.59. The zero-order valence-electron chi connectivity index (χ0n) is 6.87. The predicted molar refractivity (Wildman–Crippen MR) is 47.0 cm³/mol. The highest BCUT2D eigenvalue weighted by atomic mass is 16.3. The molecule has 12 heavy (non-hydrogen) atoms. The highest BCUT2D eigenvalue weighted by molar-refractivity contribution is 5.90. The number of hydrogen-bond acceptors (Lipinski definition) is 2. The average Bonchev–Trinajstić information content (AvgIpc) is 2.04. The molecule has 2 N–H and O–H groups in total. The molecule has 0 aliphatic rings. The number of carbonyl (C=O) groups is 1. The van der Waals surface area contributed by atoms with Crippen LogP contribution in [0, 0.1) is 0 Å². The summed E-state index contributed by atoms with van der Waals surface area (Å²) in [5, 5.41) is 11.7. The molecule has 0 radical (unpaired) electrons. The third kappa shape index (κ3) is 2.27. The molecule has 0 fully saturated rings. The van der Waals surface area contributed by atoms with Gasteiger partial charge in [-0.2, -0.15) is 0 Å². The molecule has 0 bridgehead atoms. The number of amides is 1. The van der Waals surface area contributed by atoms with Crippen LogP contribution in [0.1, 0.15) is 13.3 Å². The Morgan fingerprint density at radius 3 is 2.92 bits per heavy atom. The first-order valence-corrected chi connectivity index (χ1v) is 3.81. The second-order valence-electron chi connectivity index (χ2n) is 2.45. The summed E-state index contributed by atoms with van der Waals surface area (Å²) in [6.45, 7) is 1.78. The van der Waals surface area contributed by atoms with Crippen LogP contribution in [0.2, 0.25) is 0 Å². The molecule has 0 aliphatic heterocycles. The number of anilines is 1. The summed E-state index contributed by atoms with van der Waals surface area (Å²) in [4.78, 5) is 10.9. The van der Waals surface area contributed by atoms with E-state index in [4.69, 9.17) is 5.11 Å². The van der Waals surface area contributed by atoms with E-state index < -0.39 is 0 Å². The summed E-state index contributed by atoms with van der Waals surface area (Å²) >= 11 is 0. The smallest absolute Gasteiger partial charge is 0.224 e. The molecule has 0 spiro atoms. The van der Waals surface area contributed by atoms with Gasteiger partial charge in [0.15, 0.2) is 0 Å². The molecule has 1 aromatic carbocycles. The summed E-state index contributed by atoms with van der Waals surface area (Å²) < 4.78 is 0. The van der Waals surface area contributed by atoms with Crippen LogP contribution in [0.5, 0.6) is 5.75 Å². The van der Waals surface area contributed by atoms with Gasteiger partial charge in [0.1, 0.15) is 5.75 Å². The first-order chi connectivity index (χ1) is 5.72. The minimum absolute atomic E-state index is 0.0550. The highest BCUT2D eigenvalue weighted by Gasteiger charge is 1.98. The molecule has 0 saturated heterocycles. The zero-order chi connectivity index (χ0) is 8.97. The minimum Gasteiger partial charge on any atom is -0.508 e. The lowest BCUT2D eigenvalue weighted by Crippen LogP contribution is -2.08. The van der Waals surface area contributed by atoms with Crippen molar-refractivity contribution in [1.82, 2.24) is 0 Å². The SMILES string of the molecule is CCC(=O)Nc1cccc(O)c1. The van der Waals surface area contributed by atoms with Crippen LogP contribution in [0.4, 0.5) is 5.69 Å². The van der Waals surface area contributed by atoms with Crippen LogP contribution in [0.25, 0.3) is 0 Å². The molecule has 64 valence electrons. The van der Waals surface area contributed by atoms with Gasteiger partial charge in [0.25, 0.3) is 0 Å². The second-order valence-corrected chi connectivity index (χ2v) is 2.45. The average molecular weight is 165 g/mol. The largest absolute Gasteiger partial charge is 0.508 e. The highest BCUT2D eigenvalue weighted by Crippen LogP contribution is 2.15. The molecular formula is C9H11NO2. The zero-order valence-corrected chi connectivity index (χ0v) is 6.87. The van der Waals surface area contributed by atoms with Crippen LogP contribution in [-0.2, 0) is 4.79 Å². The van der Waals surface area contributed by atoms with Crippen molar-refractivity contribution in [2.24, 2.45) is 0 Å². The van der Waals surface area contributed by atoms with Crippen molar-refractivity contribution in [3.63, 3.8) is 0 Å². The number of carbonyl (C=O) groups excluding carboxylic acids is 1. The van der Waals surface area contributed by atoms with E-state index in [0.717, 1.165) is 0 Å². The number of nitrogens with one attached hydrogen (secondary N) is 1. The standard InChI is InChI=1S/C9H11NO2/c1-2-9(12)10-7-4-3-5-8(11)6-7/h3-6,11H,2H2,1H3,(H,10,12). The minimum atomic E-state index is -0.0550. The normalized spacial score (nSPS) is 9.42. The fourth-order valence-electron chi connectivity index (χ4n) is 0.833. The lowest BCUT2D eigenvalue weighted by molar-refractivity contribution is -0.115. The van der Waals surface area contributed by atoms with E-state index in [-0.39, 0.29) is 11.7 Å². The molecule has 0 heterocycles. The number of benzene rings is 1. The Hall–Kier alpha value is -1.51. The number of aromatic hydroxyl groups is 1. The van der Waals surface area contributed by atoms with Gasteiger partial charge in [-0.05, 0) is 12.1 Å². The fraction of sp³-hybridized carbons (Fsp3) is 0.222. The van der Waals surface area contributed by atoms with Crippen molar-refractivity contribution in [3.8, 4) is 5.75 Å². The van der Waals surface area contributed by atoms with E-state index in [1.807, 2.05) is 0 Å². The number of hydrogen-bond donors (Lipinski definition) is 2. The Morgan fingerprint density at radius 1 is 1.58 bits per heavy atom. The Bertz CT molecular complexity index is 284. The molecule has 1 amide bonds. The molecular weight excluding hydrogens is 154 g/mol. The van der Waals surface area contributed by atoms with E-state index in [1.54, 1.807) is 25.1 Å². The summed E-state index contributed by atoms with van der Waals surface area (Å²) in [6, 6.07) is 6.48. The van der Waals surface area contributed by atoms with E-state index in [0.29, 0.717) is 12.1 Å². The number of rotatable bonds is 2. The van der Waals surface area contributed by atoms with Gasteiger partial charge >= 0.3 is 0 Å². The van der Waals surface area contributed by atoms with Crippen LogP contribution >= 0.6 is 0 Å². The molecule has 0 atom stereocenters. The summed E-state index contributed by atoms with van der Waals surface area (Å²) in [7, 11) is 0. The fourth-order valence-corrected chi connectivity index (χ4v) is 0.833. The van der Waals surface area contributed by atoms with Crippen LogP contribution in [-0.4, -0.2) is 11.0 Å². The molecule has 1 aromatic rings. The number of phenols is 1. The van der Waals surface area contributed by atoms with Gasteiger partial charge in [-0.25, -0.2) is 0 Å². The summed E-state index contributed by atoms with van der Waals surface area (Å²) in [6.07, 6.45) is 0.440. The molecule has 0 aromatic heterocycles. The van der Waals surface area contributed by atoms with Gasteiger partial charge in [-0.3, -0.25) is 4.79 Å². The topological polar surface area (TPSA) is 49.3 Å². The maximum Gasteiger partial charge on any atom is 0.224 e. The van der Waals surface area contributed by atoms with Gasteiger partial charge in [0, 0.05) is 18.2 Å². The van der Waals surface area contributed by atoms with Gasteiger partial charge in [-0.1, -0.05) is 13.0 Å². The molecule has 0 saturated carbocycles. The Labute approximate surface area is 71.0 Å². The van der Waals surface area contributed by atoms with E-state index in [1.165, 1.54) is 6.07 Å². The molecule has 3 heteroatoms. The van der Waals surface area contributed by atoms with E-state index >= 15 is 0 Å². The van der Waals surface area contributed by atoms with Crippen molar-refractivity contribution in [1.29, 1.82) is 0 Å². The monoisotopic (exact) mass is 165 g/mol. The Morgan fingerprint density at radius 2 is 2.33 bits per heavy atom. The molecule has 3 nitrogen and oxygen atoms in total. The first-order valence-electron chi connectivity index (χ1n) is 3.81. The third-order valence-corrected chi connectivity index (χ3v) is 1.45. The van der Waals surface area contributed by atoms with Crippen LogP contribution in [0.3, 0.4) is 0 Å². The maximum absolute atomic E-state index is 10.9.